The van der Waals surface area contributed by atoms with E-state index in [1.54, 1.807) is 23.5 Å². The maximum Gasteiger partial charge on any atom is 0.304 e. The molecule has 34 heavy (non-hydrogen) atoms. The number of hydrogen-bond acceptors (Lipinski definition) is 6. The molecule has 0 aliphatic heterocycles. The third-order valence-corrected chi connectivity index (χ3v) is 8.48. The molecule has 2 unspecified atom stereocenters. The summed E-state index contributed by atoms with van der Waals surface area (Å²) in [6.45, 7) is 0. The molecular formula is C26H27ClN2O3S2. The standard InChI is InChI=1S/C26H27ClN2O3S2/c1-29(2)24(12-14-30)34-26(33-15-13-25(31)32)20-5-3-4-18(16-20)6-10-22-11-8-19-7-9-21(27)17-23(19)28-22/h3-11,14,16-17,24,26H,12-13,15H2,1-2H3,(H,31,32). The van der Waals surface area contributed by atoms with Crippen LogP contribution in [0, 0.1) is 0 Å². The Balaban J connectivity index is 1.82. The number of aldehydes is 1. The van der Waals surface area contributed by atoms with Crippen molar-refractivity contribution < 1.29 is 14.7 Å². The average molecular weight is 515 g/mol. The van der Waals surface area contributed by atoms with Crippen molar-refractivity contribution in [2.45, 2.75) is 22.8 Å². The second-order valence-electron chi connectivity index (χ2n) is 7.88. The number of hydrogen-bond donors (Lipinski definition) is 1. The molecule has 0 saturated heterocycles. The number of fused-ring (bicyclic) bond motifs is 1. The van der Waals surface area contributed by atoms with Gasteiger partial charge in [-0.25, -0.2) is 4.98 Å². The molecule has 0 aliphatic rings. The van der Waals surface area contributed by atoms with Crippen molar-refractivity contribution >= 4 is 70.4 Å². The number of carbonyl (C=O) groups excluding carboxylic acids is 1. The molecule has 3 rings (SSSR count). The summed E-state index contributed by atoms with van der Waals surface area (Å²) in [5, 5.41) is 10.8. The second kappa shape index (κ2) is 13.0. The zero-order chi connectivity index (χ0) is 24.5. The molecule has 1 aromatic heterocycles. The molecule has 5 nitrogen and oxygen atoms in total. The van der Waals surface area contributed by atoms with Crippen molar-refractivity contribution in [2.24, 2.45) is 0 Å². The number of carboxylic acids is 1. The SMILES string of the molecule is CN(C)C(CC=O)SC(SCCC(=O)O)c1cccc(C=Cc2ccc3ccc(Cl)cc3n2)c1. The van der Waals surface area contributed by atoms with Gasteiger partial charge in [0.2, 0.25) is 0 Å². The number of carboxylic acid groups (broad SMARTS) is 1. The first kappa shape index (κ1) is 26.3. The van der Waals surface area contributed by atoms with Crippen LogP contribution in [0.15, 0.2) is 54.6 Å². The van der Waals surface area contributed by atoms with Crippen molar-refractivity contribution in [1.82, 2.24) is 9.88 Å². The van der Waals surface area contributed by atoms with E-state index < -0.39 is 5.97 Å². The van der Waals surface area contributed by atoms with E-state index in [-0.39, 0.29) is 16.4 Å². The van der Waals surface area contributed by atoms with Crippen LogP contribution in [-0.2, 0) is 9.59 Å². The summed E-state index contributed by atoms with van der Waals surface area (Å²) in [5.41, 5.74) is 3.78. The Hall–Kier alpha value is -2.32. The smallest absolute Gasteiger partial charge is 0.304 e. The zero-order valence-corrected chi connectivity index (χ0v) is 21.4. The molecule has 1 N–H and O–H groups in total. The topological polar surface area (TPSA) is 70.5 Å². The summed E-state index contributed by atoms with van der Waals surface area (Å²) in [6.07, 6.45) is 5.42. The predicted molar refractivity (Wildman–Crippen MR) is 145 cm³/mol. The number of halogens is 1. The van der Waals surface area contributed by atoms with Crippen LogP contribution in [0.4, 0.5) is 0 Å². The number of benzene rings is 2. The number of pyridine rings is 1. The number of rotatable bonds is 12. The highest BCUT2D eigenvalue weighted by molar-refractivity contribution is 8.16. The minimum absolute atomic E-state index is 0.000913. The van der Waals surface area contributed by atoms with Gasteiger partial charge in [-0.05, 0) is 55.6 Å². The molecule has 2 aromatic carbocycles. The van der Waals surface area contributed by atoms with Gasteiger partial charge in [-0.1, -0.05) is 48.0 Å². The van der Waals surface area contributed by atoms with Crippen LogP contribution in [0.3, 0.4) is 0 Å². The van der Waals surface area contributed by atoms with E-state index in [0.717, 1.165) is 34.0 Å². The van der Waals surface area contributed by atoms with E-state index in [2.05, 4.69) is 11.1 Å². The fourth-order valence-electron chi connectivity index (χ4n) is 3.27. The van der Waals surface area contributed by atoms with Gasteiger partial charge < -0.3 is 9.90 Å². The highest BCUT2D eigenvalue weighted by atomic mass is 35.5. The molecule has 0 aliphatic carbocycles. The number of aliphatic carboxylic acids is 1. The zero-order valence-electron chi connectivity index (χ0n) is 19.1. The van der Waals surface area contributed by atoms with Crippen molar-refractivity contribution in [3.8, 4) is 0 Å². The van der Waals surface area contributed by atoms with Gasteiger partial charge in [0.1, 0.15) is 6.29 Å². The van der Waals surface area contributed by atoms with Crippen LogP contribution in [0.5, 0.6) is 0 Å². The van der Waals surface area contributed by atoms with Gasteiger partial charge >= 0.3 is 5.97 Å². The van der Waals surface area contributed by atoms with Crippen molar-refractivity contribution in [1.29, 1.82) is 0 Å². The van der Waals surface area contributed by atoms with Gasteiger partial charge in [-0.3, -0.25) is 9.69 Å². The van der Waals surface area contributed by atoms with Gasteiger partial charge in [-0.15, -0.1) is 23.5 Å². The third-order valence-electron chi connectivity index (χ3n) is 5.04. The van der Waals surface area contributed by atoms with Crippen LogP contribution in [0.2, 0.25) is 5.02 Å². The number of aromatic nitrogens is 1. The Kier molecular flexibility index (Phi) is 10.0. The largest absolute Gasteiger partial charge is 0.481 e. The Morgan fingerprint density at radius 1 is 1.15 bits per heavy atom. The normalized spacial score (nSPS) is 13.4. The highest BCUT2D eigenvalue weighted by Gasteiger charge is 2.21. The molecule has 3 aromatic rings. The van der Waals surface area contributed by atoms with Gasteiger partial charge in [0.25, 0.3) is 0 Å². The molecule has 0 radical (unpaired) electrons. The first-order chi connectivity index (χ1) is 16.4. The predicted octanol–water partition coefficient (Wildman–Crippen LogP) is 6.48. The van der Waals surface area contributed by atoms with E-state index in [9.17, 15) is 9.59 Å². The third kappa shape index (κ3) is 7.87. The second-order valence-corrected chi connectivity index (χ2v) is 11.1. The minimum Gasteiger partial charge on any atom is -0.481 e. The van der Waals surface area contributed by atoms with E-state index in [4.69, 9.17) is 16.7 Å². The first-order valence-corrected chi connectivity index (χ1v) is 13.2. The fourth-order valence-corrected chi connectivity index (χ4v) is 6.29. The van der Waals surface area contributed by atoms with Crippen LogP contribution < -0.4 is 0 Å². The quantitative estimate of drug-likeness (QED) is 0.219. The molecule has 0 amide bonds. The Morgan fingerprint density at radius 3 is 2.68 bits per heavy atom. The first-order valence-electron chi connectivity index (χ1n) is 10.8. The van der Waals surface area contributed by atoms with Gasteiger partial charge in [-0.2, -0.15) is 0 Å². The number of thioether (sulfide) groups is 2. The van der Waals surface area contributed by atoms with Gasteiger partial charge in [0, 0.05) is 22.6 Å². The van der Waals surface area contributed by atoms with E-state index >= 15 is 0 Å². The lowest BCUT2D eigenvalue weighted by molar-refractivity contribution is -0.136. The summed E-state index contributed by atoms with van der Waals surface area (Å²) < 4.78 is 0.000913. The Bertz CT molecular complexity index is 1170. The lowest BCUT2D eigenvalue weighted by Gasteiger charge is -2.27. The summed E-state index contributed by atoms with van der Waals surface area (Å²) in [7, 11) is 3.89. The van der Waals surface area contributed by atoms with Crippen molar-refractivity contribution in [3.05, 3.63) is 76.4 Å². The van der Waals surface area contributed by atoms with Gasteiger partial charge in [0.05, 0.1) is 27.6 Å². The number of nitrogens with zero attached hydrogens (tertiary/aromatic N) is 2. The Morgan fingerprint density at radius 2 is 1.94 bits per heavy atom. The highest BCUT2D eigenvalue weighted by Crippen LogP contribution is 2.43. The summed E-state index contributed by atoms with van der Waals surface area (Å²) >= 11 is 9.36. The molecule has 0 fully saturated rings. The summed E-state index contributed by atoms with van der Waals surface area (Å²) in [4.78, 5) is 28.9. The Labute approximate surface area is 213 Å². The lowest BCUT2D eigenvalue weighted by atomic mass is 10.1. The molecule has 2 atom stereocenters. The van der Waals surface area contributed by atoms with Crippen LogP contribution >= 0.6 is 35.1 Å². The number of carbonyl (C=O) groups is 2. The molecule has 1 heterocycles. The summed E-state index contributed by atoms with van der Waals surface area (Å²) in [6, 6.07) is 17.8. The molecule has 0 spiro atoms. The van der Waals surface area contributed by atoms with Crippen molar-refractivity contribution in [3.63, 3.8) is 0 Å². The van der Waals surface area contributed by atoms with Crippen LogP contribution in [0.25, 0.3) is 23.1 Å². The van der Waals surface area contributed by atoms with E-state index in [1.807, 2.05) is 79.7 Å². The average Bonchev–Trinajstić information content (AvgIpc) is 2.81. The molecule has 0 bridgehead atoms. The minimum atomic E-state index is -0.811. The monoisotopic (exact) mass is 514 g/mol. The fraction of sp³-hybridized carbons (Fsp3) is 0.269. The van der Waals surface area contributed by atoms with E-state index in [1.165, 1.54) is 0 Å². The van der Waals surface area contributed by atoms with Crippen molar-refractivity contribution in [2.75, 3.05) is 19.8 Å². The molecule has 8 heteroatoms. The maximum atomic E-state index is 11.2. The van der Waals surface area contributed by atoms with Gasteiger partial charge in [0.15, 0.2) is 0 Å². The van der Waals surface area contributed by atoms with Crippen LogP contribution in [-0.4, -0.2) is 52.5 Å². The maximum absolute atomic E-state index is 11.2. The summed E-state index contributed by atoms with van der Waals surface area (Å²) in [5.74, 6) is -0.313. The molecular weight excluding hydrogens is 488 g/mol. The van der Waals surface area contributed by atoms with Crippen LogP contribution in [0.1, 0.15) is 34.2 Å². The lowest BCUT2D eigenvalue weighted by Crippen LogP contribution is -2.25. The molecule has 178 valence electrons. The van der Waals surface area contributed by atoms with E-state index in [0.29, 0.717) is 17.2 Å². The molecule has 0 saturated carbocycles.